The van der Waals surface area contributed by atoms with Gasteiger partial charge in [-0.3, -0.25) is 9.48 Å². The Morgan fingerprint density at radius 2 is 1.83 bits per heavy atom. The van der Waals surface area contributed by atoms with E-state index in [-0.39, 0.29) is 11.9 Å². The van der Waals surface area contributed by atoms with Gasteiger partial charge < -0.3 is 5.32 Å². The van der Waals surface area contributed by atoms with Crippen LogP contribution in [0.2, 0.25) is 0 Å². The fourth-order valence-corrected chi connectivity index (χ4v) is 2.70. The first-order chi connectivity index (χ1) is 11.1. The van der Waals surface area contributed by atoms with E-state index in [0.29, 0.717) is 6.54 Å². The zero-order chi connectivity index (χ0) is 16.4. The Hall–Kier alpha value is -2.62. The van der Waals surface area contributed by atoms with E-state index < -0.39 is 0 Å². The largest absolute Gasteiger partial charge is 0.350 e. The van der Waals surface area contributed by atoms with E-state index in [2.05, 4.69) is 29.5 Å². The van der Waals surface area contributed by atoms with Crippen molar-refractivity contribution >= 4 is 16.8 Å². The Kier molecular flexibility index (Phi) is 4.15. The highest BCUT2D eigenvalue weighted by atomic mass is 16.2. The number of para-hydroxylation sites is 1. The van der Waals surface area contributed by atoms with Gasteiger partial charge in [-0.25, -0.2) is 0 Å². The summed E-state index contributed by atoms with van der Waals surface area (Å²) in [6.45, 7) is 6.43. The lowest BCUT2D eigenvalue weighted by atomic mass is 10.1. The lowest BCUT2D eigenvalue weighted by Crippen LogP contribution is -2.31. The lowest BCUT2D eigenvalue weighted by Gasteiger charge is -2.14. The van der Waals surface area contributed by atoms with Gasteiger partial charge in [-0.1, -0.05) is 48.0 Å². The molecule has 0 bridgehead atoms. The topological polar surface area (TPSA) is 46.9 Å². The van der Waals surface area contributed by atoms with Gasteiger partial charge in [0, 0.05) is 11.9 Å². The number of nitrogens with zero attached hydrogens (tertiary/aromatic N) is 2. The maximum Gasteiger partial charge on any atom is 0.244 e. The number of amides is 1. The van der Waals surface area contributed by atoms with Crippen molar-refractivity contribution in [3.63, 3.8) is 0 Å². The first-order valence-corrected chi connectivity index (χ1v) is 7.83. The normalized spacial score (nSPS) is 12.3. The van der Waals surface area contributed by atoms with E-state index in [1.807, 2.05) is 50.2 Å². The first-order valence-electron chi connectivity index (χ1n) is 7.83. The summed E-state index contributed by atoms with van der Waals surface area (Å²) in [7, 11) is 0. The Bertz CT molecular complexity index is 833. The third kappa shape index (κ3) is 3.11. The Labute approximate surface area is 136 Å². The maximum atomic E-state index is 12.5. The molecule has 0 aliphatic rings. The first kappa shape index (κ1) is 15.3. The fourth-order valence-electron chi connectivity index (χ4n) is 2.70. The van der Waals surface area contributed by atoms with Crippen LogP contribution >= 0.6 is 0 Å². The minimum Gasteiger partial charge on any atom is -0.350 e. The molecule has 1 heterocycles. The Morgan fingerprint density at radius 1 is 1.13 bits per heavy atom. The van der Waals surface area contributed by atoms with Gasteiger partial charge in [0.25, 0.3) is 0 Å². The van der Waals surface area contributed by atoms with Gasteiger partial charge in [-0.2, -0.15) is 5.10 Å². The SMILES string of the molecule is Cc1ccc(CNC(=O)[C@H](C)n2nc(C)c3ccccc32)cc1. The molecule has 0 spiro atoms. The molecule has 118 valence electrons. The van der Waals surface area contributed by atoms with Crippen LogP contribution in [0.3, 0.4) is 0 Å². The molecule has 1 N–H and O–H groups in total. The molecule has 4 nitrogen and oxygen atoms in total. The average molecular weight is 307 g/mol. The second kappa shape index (κ2) is 6.24. The number of fused-ring (bicyclic) bond motifs is 1. The zero-order valence-corrected chi connectivity index (χ0v) is 13.7. The number of carbonyl (C=O) groups excluding carboxylic acids is 1. The second-order valence-electron chi connectivity index (χ2n) is 5.93. The molecule has 2 aromatic carbocycles. The summed E-state index contributed by atoms with van der Waals surface area (Å²) in [4.78, 5) is 12.5. The predicted octanol–water partition coefficient (Wildman–Crippen LogP) is 3.53. The van der Waals surface area contributed by atoms with Crippen molar-refractivity contribution in [1.82, 2.24) is 15.1 Å². The van der Waals surface area contributed by atoms with Crippen LogP contribution in [0.25, 0.3) is 10.9 Å². The number of rotatable bonds is 4. The van der Waals surface area contributed by atoms with Crippen molar-refractivity contribution in [3.05, 3.63) is 65.4 Å². The molecule has 0 unspecified atom stereocenters. The number of hydrogen-bond acceptors (Lipinski definition) is 2. The van der Waals surface area contributed by atoms with Crippen LogP contribution in [0.15, 0.2) is 48.5 Å². The fraction of sp³-hybridized carbons (Fsp3) is 0.263. The molecule has 3 aromatic rings. The van der Waals surface area contributed by atoms with Gasteiger partial charge in [0.1, 0.15) is 6.04 Å². The summed E-state index contributed by atoms with van der Waals surface area (Å²) in [6, 6.07) is 15.8. The summed E-state index contributed by atoms with van der Waals surface area (Å²) in [6.07, 6.45) is 0. The van der Waals surface area contributed by atoms with Gasteiger partial charge in [0.15, 0.2) is 0 Å². The molecule has 1 amide bonds. The molecular formula is C19H21N3O. The van der Waals surface area contributed by atoms with Crippen molar-refractivity contribution in [2.24, 2.45) is 0 Å². The minimum atomic E-state index is -0.348. The maximum absolute atomic E-state index is 12.5. The van der Waals surface area contributed by atoms with Crippen molar-refractivity contribution in [1.29, 1.82) is 0 Å². The van der Waals surface area contributed by atoms with Crippen molar-refractivity contribution in [3.8, 4) is 0 Å². The molecule has 0 saturated heterocycles. The molecule has 1 aromatic heterocycles. The minimum absolute atomic E-state index is 0.0289. The number of benzene rings is 2. The molecule has 3 rings (SSSR count). The van der Waals surface area contributed by atoms with E-state index in [1.165, 1.54) is 5.56 Å². The smallest absolute Gasteiger partial charge is 0.244 e. The van der Waals surface area contributed by atoms with Crippen LogP contribution in [-0.2, 0) is 11.3 Å². The van der Waals surface area contributed by atoms with Crippen LogP contribution in [0, 0.1) is 13.8 Å². The third-order valence-electron chi connectivity index (χ3n) is 4.13. The summed E-state index contributed by atoms with van der Waals surface area (Å²) in [5.74, 6) is -0.0289. The monoisotopic (exact) mass is 307 g/mol. The number of aromatic nitrogens is 2. The van der Waals surface area contributed by atoms with Gasteiger partial charge in [0.05, 0.1) is 11.2 Å². The van der Waals surface area contributed by atoms with Crippen molar-refractivity contribution < 1.29 is 4.79 Å². The summed E-state index contributed by atoms with van der Waals surface area (Å²) in [5.41, 5.74) is 4.24. The highest BCUT2D eigenvalue weighted by Gasteiger charge is 2.18. The molecule has 0 aliphatic carbocycles. The predicted molar refractivity (Wildman–Crippen MR) is 92.2 cm³/mol. The van der Waals surface area contributed by atoms with E-state index >= 15 is 0 Å². The number of nitrogens with one attached hydrogen (secondary N) is 1. The average Bonchev–Trinajstić information content (AvgIpc) is 2.91. The third-order valence-corrected chi connectivity index (χ3v) is 4.13. The van der Waals surface area contributed by atoms with E-state index in [0.717, 1.165) is 22.2 Å². The van der Waals surface area contributed by atoms with Crippen molar-refractivity contribution in [2.45, 2.75) is 33.4 Å². The standard InChI is InChI=1S/C19H21N3O/c1-13-8-10-16(11-9-13)12-20-19(23)15(3)22-18-7-5-4-6-17(18)14(2)21-22/h4-11,15H,12H2,1-3H3,(H,20,23)/t15-/m0/s1. The zero-order valence-electron chi connectivity index (χ0n) is 13.7. The summed E-state index contributed by atoms with van der Waals surface area (Å²) >= 11 is 0. The molecule has 0 radical (unpaired) electrons. The molecular weight excluding hydrogens is 286 g/mol. The molecule has 0 fully saturated rings. The van der Waals surface area contributed by atoms with Gasteiger partial charge >= 0.3 is 0 Å². The van der Waals surface area contributed by atoms with Gasteiger partial charge in [-0.05, 0) is 32.4 Å². The lowest BCUT2D eigenvalue weighted by molar-refractivity contribution is -0.124. The Balaban J connectivity index is 1.75. The molecule has 4 heteroatoms. The molecule has 0 aliphatic heterocycles. The number of carbonyl (C=O) groups is 1. The quantitative estimate of drug-likeness (QED) is 0.801. The highest BCUT2D eigenvalue weighted by molar-refractivity contribution is 5.86. The van der Waals surface area contributed by atoms with Crippen LogP contribution in [0.5, 0.6) is 0 Å². The summed E-state index contributed by atoms with van der Waals surface area (Å²) < 4.78 is 1.80. The van der Waals surface area contributed by atoms with Crippen LogP contribution < -0.4 is 5.32 Å². The summed E-state index contributed by atoms with van der Waals surface area (Å²) in [5, 5.41) is 8.61. The van der Waals surface area contributed by atoms with Gasteiger partial charge in [0.2, 0.25) is 5.91 Å². The van der Waals surface area contributed by atoms with Crippen LogP contribution in [-0.4, -0.2) is 15.7 Å². The molecule has 0 saturated carbocycles. The highest BCUT2D eigenvalue weighted by Crippen LogP contribution is 2.21. The van der Waals surface area contributed by atoms with E-state index in [4.69, 9.17) is 0 Å². The number of aryl methyl sites for hydroxylation is 2. The second-order valence-corrected chi connectivity index (χ2v) is 5.93. The Morgan fingerprint density at radius 3 is 2.57 bits per heavy atom. The molecule has 1 atom stereocenters. The number of hydrogen-bond donors (Lipinski definition) is 1. The van der Waals surface area contributed by atoms with Crippen molar-refractivity contribution in [2.75, 3.05) is 0 Å². The van der Waals surface area contributed by atoms with E-state index in [9.17, 15) is 4.79 Å². The van der Waals surface area contributed by atoms with E-state index in [1.54, 1.807) is 4.68 Å². The van der Waals surface area contributed by atoms with Crippen LogP contribution in [0.1, 0.15) is 29.8 Å². The molecule has 23 heavy (non-hydrogen) atoms. The van der Waals surface area contributed by atoms with Gasteiger partial charge in [-0.15, -0.1) is 0 Å². The van der Waals surface area contributed by atoms with Crippen LogP contribution in [0.4, 0.5) is 0 Å².